The molecular weight excluding hydrogens is 711 g/mol. The fourth-order valence-corrected chi connectivity index (χ4v) is 9.00. The number of benzene rings is 7. The summed E-state index contributed by atoms with van der Waals surface area (Å²) in [5.41, 5.74) is 12.8. The van der Waals surface area contributed by atoms with Gasteiger partial charge in [0.2, 0.25) is 0 Å². The van der Waals surface area contributed by atoms with E-state index in [1.807, 2.05) is 0 Å². The molecule has 7 aromatic carbocycles. The number of rotatable bonds is 8. The van der Waals surface area contributed by atoms with Gasteiger partial charge >= 0.3 is 0 Å². The van der Waals surface area contributed by atoms with Gasteiger partial charge in [-0.25, -0.2) is 15.0 Å². The SMILES string of the molecule is C1=CCC(c2ccccc2)C(c2nc(-c3ccc(-c4ccc(-c5ccccc5)c(-c5ccccc5)c4-c4ccccc4)cc3)nc(-c3cc4ccccc4s3)n2)=C1. The minimum Gasteiger partial charge on any atom is -0.208 e. The third-order valence-electron chi connectivity index (χ3n) is 10.8. The van der Waals surface area contributed by atoms with Gasteiger partial charge in [-0.2, -0.15) is 0 Å². The molecule has 0 radical (unpaired) electrons. The summed E-state index contributed by atoms with van der Waals surface area (Å²) in [5, 5.41) is 1.19. The molecular formula is C53H37N3S. The van der Waals surface area contributed by atoms with Crippen LogP contribution in [-0.2, 0) is 0 Å². The summed E-state index contributed by atoms with van der Waals surface area (Å²) in [6.45, 7) is 0. The van der Waals surface area contributed by atoms with Crippen LogP contribution in [0.25, 0.3) is 82.3 Å². The molecule has 2 aromatic heterocycles. The summed E-state index contributed by atoms with van der Waals surface area (Å²) in [5.74, 6) is 2.22. The third-order valence-corrected chi connectivity index (χ3v) is 11.9. The van der Waals surface area contributed by atoms with Crippen molar-refractivity contribution in [3.8, 4) is 66.6 Å². The van der Waals surface area contributed by atoms with Crippen LogP contribution < -0.4 is 0 Å². The molecule has 0 spiro atoms. The van der Waals surface area contributed by atoms with Crippen molar-refractivity contribution in [1.29, 1.82) is 0 Å². The van der Waals surface area contributed by atoms with Gasteiger partial charge in [-0.15, -0.1) is 11.3 Å². The molecule has 0 saturated carbocycles. The molecule has 270 valence electrons. The molecule has 0 fully saturated rings. The maximum atomic E-state index is 5.23. The van der Waals surface area contributed by atoms with E-state index >= 15 is 0 Å². The number of hydrogen-bond acceptors (Lipinski definition) is 4. The van der Waals surface area contributed by atoms with Gasteiger partial charge in [0, 0.05) is 21.8 Å². The summed E-state index contributed by atoms with van der Waals surface area (Å²) in [4.78, 5) is 16.6. The zero-order valence-corrected chi connectivity index (χ0v) is 32.0. The first kappa shape index (κ1) is 34.5. The van der Waals surface area contributed by atoms with Crippen molar-refractivity contribution in [1.82, 2.24) is 15.0 Å². The van der Waals surface area contributed by atoms with Crippen molar-refractivity contribution in [2.75, 3.05) is 0 Å². The Balaban J connectivity index is 1.12. The minimum atomic E-state index is 0.151. The fraction of sp³-hybridized carbons (Fsp3) is 0.0377. The predicted octanol–water partition coefficient (Wildman–Crippen LogP) is 14.2. The van der Waals surface area contributed by atoms with Crippen molar-refractivity contribution >= 4 is 27.0 Å². The molecule has 0 saturated heterocycles. The van der Waals surface area contributed by atoms with Gasteiger partial charge in [0.15, 0.2) is 17.5 Å². The zero-order chi connectivity index (χ0) is 38.0. The van der Waals surface area contributed by atoms with Crippen LogP contribution in [0.5, 0.6) is 0 Å². The highest BCUT2D eigenvalue weighted by Gasteiger charge is 2.24. The molecule has 4 heteroatoms. The molecule has 0 aliphatic heterocycles. The van der Waals surface area contributed by atoms with Crippen LogP contribution in [0, 0.1) is 0 Å². The van der Waals surface area contributed by atoms with Crippen LogP contribution in [-0.4, -0.2) is 15.0 Å². The van der Waals surface area contributed by atoms with Crippen molar-refractivity contribution in [3.05, 3.63) is 218 Å². The van der Waals surface area contributed by atoms with Crippen LogP contribution in [0.4, 0.5) is 0 Å². The Labute approximate surface area is 337 Å². The normalized spacial score (nSPS) is 13.8. The lowest BCUT2D eigenvalue weighted by Gasteiger charge is -2.22. The van der Waals surface area contributed by atoms with Crippen molar-refractivity contribution in [3.63, 3.8) is 0 Å². The van der Waals surface area contributed by atoms with E-state index in [1.165, 1.54) is 54.6 Å². The second kappa shape index (κ2) is 15.3. The number of hydrogen-bond donors (Lipinski definition) is 0. The average molecular weight is 748 g/mol. The highest BCUT2D eigenvalue weighted by molar-refractivity contribution is 7.22. The topological polar surface area (TPSA) is 38.7 Å². The summed E-state index contributed by atoms with van der Waals surface area (Å²) < 4.78 is 1.21. The third kappa shape index (κ3) is 6.81. The fourth-order valence-electron chi connectivity index (χ4n) is 8.01. The van der Waals surface area contributed by atoms with E-state index in [0.717, 1.165) is 28.0 Å². The van der Waals surface area contributed by atoms with E-state index in [-0.39, 0.29) is 5.92 Å². The van der Waals surface area contributed by atoms with Gasteiger partial charge in [-0.05, 0) is 74.0 Å². The molecule has 1 aliphatic carbocycles. The lowest BCUT2D eigenvalue weighted by atomic mass is 9.83. The molecule has 9 aromatic rings. The van der Waals surface area contributed by atoms with Crippen LogP contribution >= 0.6 is 11.3 Å². The van der Waals surface area contributed by atoms with Gasteiger partial charge in [0.25, 0.3) is 0 Å². The van der Waals surface area contributed by atoms with E-state index in [1.54, 1.807) is 11.3 Å². The maximum Gasteiger partial charge on any atom is 0.174 e. The van der Waals surface area contributed by atoms with Gasteiger partial charge < -0.3 is 0 Å². The zero-order valence-electron chi connectivity index (χ0n) is 31.2. The number of aromatic nitrogens is 3. The summed E-state index contributed by atoms with van der Waals surface area (Å²) in [6.07, 6.45) is 7.42. The quantitative estimate of drug-likeness (QED) is 0.155. The van der Waals surface area contributed by atoms with Gasteiger partial charge in [0.1, 0.15) is 0 Å². The average Bonchev–Trinajstić information content (AvgIpc) is 3.75. The largest absolute Gasteiger partial charge is 0.208 e. The second-order valence-electron chi connectivity index (χ2n) is 14.3. The first-order chi connectivity index (χ1) is 28.3. The Hall–Kier alpha value is -7.01. The van der Waals surface area contributed by atoms with Gasteiger partial charge in [-0.3, -0.25) is 0 Å². The number of thiophene rings is 1. The molecule has 1 unspecified atom stereocenters. The first-order valence-corrected chi connectivity index (χ1v) is 20.2. The Morgan fingerprint density at radius 2 is 0.947 bits per heavy atom. The van der Waals surface area contributed by atoms with Crippen LogP contribution in [0.2, 0.25) is 0 Å². The van der Waals surface area contributed by atoms with E-state index in [2.05, 4.69) is 206 Å². The van der Waals surface area contributed by atoms with Crippen molar-refractivity contribution in [2.45, 2.75) is 12.3 Å². The Morgan fingerprint density at radius 3 is 1.58 bits per heavy atom. The smallest absolute Gasteiger partial charge is 0.174 e. The molecule has 0 bridgehead atoms. The Morgan fingerprint density at radius 1 is 0.439 bits per heavy atom. The number of nitrogens with zero attached hydrogens (tertiary/aromatic N) is 3. The van der Waals surface area contributed by atoms with Crippen molar-refractivity contribution < 1.29 is 0 Å². The highest BCUT2D eigenvalue weighted by atomic mass is 32.1. The highest BCUT2D eigenvalue weighted by Crippen LogP contribution is 2.46. The molecule has 2 heterocycles. The number of allylic oxidation sites excluding steroid dienone is 4. The van der Waals surface area contributed by atoms with E-state index in [0.29, 0.717) is 17.5 Å². The lowest BCUT2D eigenvalue weighted by molar-refractivity contribution is 0.853. The first-order valence-electron chi connectivity index (χ1n) is 19.4. The number of fused-ring (bicyclic) bond motifs is 1. The van der Waals surface area contributed by atoms with E-state index < -0.39 is 0 Å². The van der Waals surface area contributed by atoms with E-state index in [4.69, 9.17) is 15.0 Å². The van der Waals surface area contributed by atoms with Crippen LogP contribution in [0.15, 0.2) is 206 Å². The molecule has 0 amide bonds. The van der Waals surface area contributed by atoms with E-state index in [9.17, 15) is 0 Å². The Bertz CT molecular complexity index is 2860. The van der Waals surface area contributed by atoms with Crippen LogP contribution in [0.3, 0.4) is 0 Å². The molecule has 10 rings (SSSR count). The second-order valence-corrected chi connectivity index (χ2v) is 15.4. The van der Waals surface area contributed by atoms with Crippen LogP contribution in [0.1, 0.15) is 23.7 Å². The molecule has 3 nitrogen and oxygen atoms in total. The molecule has 1 aliphatic rings. The summed E-state index contributed by atoms with van der Waals surface area (Å²) in [6, 6.07) is 66.9. The lowest BCUT2D eigenvalue weighted by Crippen LogP contribution is -2.09. The maximum absolute atomic E-state index is 5.23. The minimum absolute atomic E-state index is 0.151. The summed E-state index contributed by atoms with van der Waals surface area (Å²) >= 11 is 1.72. The molecule has 57 heavy (non-hydrogen) atoms. The predicted molar refractivity (Wildman–Crippen MR) is 239 cm³/mol. The van der Waals surface area contributed by atoms with Crippen molar-refractivity contribution in [2.24, 2.45) is 0 Å². The Kier molecular flexibility index (Phi) is 9.23. The standard InChI is InChI=1S/C53H37N3S/c1-5-17-36(18-6-1)43-26-14-15-27-46(43)52-54-51(55-53(56-52)48-35-42-25-13-16-28-47(42)57-48)41-31-29-38(30-32-41)45-34-33-44(37-19-7-2-8-20-37)49(39-21-9-3-10-22-39)50(45)40-23-11-4-12-24-40/h1-25,27-35,43H,26H2. The van der Waals surface area contributed by atoms with Gasteiger partial charge in [-0.1, -0.05) is 194 Å². The summed E-state index contributed by atoms with van der Waals surface area (Å²) in [7, 11) is 0. The van der Waals surface area contributed by atoms with Gasteiger partial charge in [0.05, 0.1) is 4.88 Å². The molecule has 0 N–H and O–H groups in total. The monoisotopic (exact) mass is 747 g/mol. The molecule has 1 atom stereocenters.